The molecular formula is C16H27NO2. The summed E-state index contributed by atoms with van der Waals surface area (Å²) in [6.07, 6.45) is 0.347. The fourth-order valence-electron chi connectivity index (χ4n) is 1.82. The molecule has 3 heteroatoms. The summed E-state index contributed by atoms with van der Waals surface area (Å²) in [5, 5.41) is 12.7. The highest BCUT2D eigenvalue weighted by atomic mass is 16.5. The molecule has 0 aromatic heterocycles. The Morgan fingerprint density at radius 1 is 1.26 bits per heavy atom. The van der Waals surface area contributed by atoms with E-state index < -0.39 is 0 Å². The Hall–Kier alpha value is -1.06. The molecule has 0 spiro atoms. The first kappa shape index (κ1) is 16.0. The van der Waals surface area contributed by atoms with Crippen LogP contribution in [0.5, 0.6) is 5.75 Å². The first-order valence-electron chi connectivity index (χ1n) is 7.10. The number of ether oxygens (including phenoxy) is 1. The van der Waals surface area contributed by atoms with Crippen LogP contribution in [0.2, 0.25) is 0 Å². The molecule has 0 amide bonds. The molecule has 1 rings (SSSR count). The highest BCUT2D eigenvalue weighted by Crippen LogP contribution is 2.20. The predicted octanol–water partition coefficient (Wildman–Crippen LogP) is 2.89. The summed E-state index contributed by atoms with van der Waals surface area (Å²) < 4.78 is 5.76. The van der Waals surface area contributed by atoms with Gasteiger partial charge in [-0.1, -0.05) is 31.5 Å². The van der Waals surface area contributed by atoms with Gasteiger partial charge in [-0.2, -0.15) is 0 Å². The van der Waals surface area contributed by atoms with Gasteiger partial charge in [0.25, 0.3) is 0 Å². The standard InChI is InChI=1S/C16H27NO2/c1-12(2)10-17-11-15-9-13(3)5-6-16(15)19-8-7-14(4)18/h5-6,9,12,14,17-18H,7-8,10-11H2,1-4H3. The van der Waals surface area contributed by atoms with Crippen molar-refractivity contribution >= 4 is 0 Å². The van der Waals surface area contributed by atoms with E-state index in [1.54, 1.807) is 6.92 Å². The second kappa shape index (κ2) is 8.18. The van der Waals surface area contributed by atoms with Gasteiger partial charge in [0.15, 0.2) is 0 Å². The van der Waals surface area contributed by atoms with Gasteiger partial charge in [0.1, 0.15) is 5.75 Å². The molecule has 0 heterocycles. The number of aliphatic hydroxyl groups is 1. The predicted molar refractivity (Wildman–Crippen MR) is 79.5 cm³/mol. The maximum atomic E-state index is 9.25. The highest BCUT2D eigenvalue weighted by Gasteiger charge is 2.05. The molecule has 1 atom stereocenters. The first-order valence-corrected chi connectivity index (χ1v) is 7.10. The third kappa shape index (κ3) is 6.60. The average molecular weight is 265 g/mol. The Bertz CT molecular complexity index is 375. The third-order valence-corrected chi connectivity index (χ3v) is 2.88. The van der Waals surface area contributed by atoms with Crippen LogP contribution in [0.1, 0.15) is 38.3 Å². The smallest absolute Gasteiger partial charge is 0.123 e. The number of benzene rings is 1. The number of rotatable bonds is 8. The molecule has 0 aliphatic heterocycles. The number of hydrogen-bond acceptors (Lipinski definition) is 3. The SMILES string of the molecule is Cc1ccc(OCCC(C)O)c(CNCC(C)C)c1. The van der Waals surface area contributed by atoms with Gasteiger partial charge >= 0.3 is 0 Å². The van der Waals surface area contributed by atoms with Crippen LogP contribution in [-0.2, 0) is 6.54 Å². The van der Waals surface area contributed by atoms with E-state index in [1.807, 2.05) is 6.07 Å². The Morgan fingerprint density at radius 3 is 2.63 bits per heavy atom. The summed E-state index contributed by atoms with van der Waals surface area (Å²) in [5.41, 5.74) is 2.43. The van der Waals surface area contributed by atoms with Crippen molar-refractivity contribution in [2.45, 2.75) is 46.8 Å². The largest absolute Gasteiger partial charge is 0.493 e. The lowest BCUT2D eigenvalue weighted by atomic mass is 10.1. The molecule has 2 N–H and O–H groups in total. The molecule has 1 aromatic rings. The zero-order valence-electron chi connectivity index (χ0n) is 12.6. The normalized spacial score (nSPS) is 12.7. The molecule has 0 aliphatic carbocycles. The van der Waals surface area contributed by atoms with Crippen molar-refractivity contribution in [3.05, 3.63) is 29.3 Å². The summed E-state index contributed by atoms with van der Waals surface area (Å²) >= 11 is 0. The Balaban J connectivity index is 2.58. The molecular weight excluding hydrogens is 238 g/mol. The second-order valence-electron chi connectivity index (χ2n) is 5.62. The fourth-order valence-corrected chi connectivity index (χ4v) is 1.82. The van der Waals surface area contributed by atoms with E-state index in [-0.39, 0.29) is 6.10 Å². The zero-order chi connectivity index (χ0) is 14.3. The summed E-state index contributed by atoms with van der Waals surface area (Å²) in [5.74, 6) is 1.56. The van der Waals surface area contributed by atoms with Crippen LogP contribution in [0.4, 0.5) is 0 Å². The summed E-state index contributed by atoms with van der Waals surface area (Å²) in [6.45, 7) is 10.6. The molecule has 0 radical (unpaired) electrons. The quantitative estimate of drug-likeness (QED) is 0.759. The maximum absolute atomic E-state index is 9.25. The van der Waals surface area contributed by atoms with Gasteiger partial charge in [0, 0.05) is 18.5 Å². The molecule has 0 fully saturated rings. The highest BCUT2D eigenvalue weighted by molar-refractivity contribution is 5.36. The van der Waals surface area contributed by atoms with Gasteiger partial charge in [0.2, 0.25) is 0 Å². The Morgan fingerprint density at radius 2 is 2.00 bits per heavy atom. The van der Waals surface area contributed by atoms with E-state index in [9.17, 15) is 5.11 Å². The number of nitrogens with one attached hydrogen (secondary N) is 1. The van der Waals surface area contributed by atoms with E-state index in [0.29, 0.717) is 18.9 Å². The van der Waals surface area contributed by atoms with Crippen LogP contribution in [0, 0.1) is 12.8 Å². The third-order valence-electron chi connectivity index (χ3n) is 2.88. The van der Waals surface area contributed by atoms with Crippen LogP contribution in [0.3, 0.4) is 0 Å². The van der Waals surface area contributed by atoms with Crippen molar-refractivity contribution in [1.29, 1.82) is 0 Å². The lowest BCUT2D eigenvalue weighted by molar-refractivity contribution is 0.155. The lowest BCUT2D eigenvalue weighted by Crippen LogP contribution is -2.19. The number of aliphatic hydroxyl groups excluding tert-OH is 1. The van der Waals surface area contributed by atoms with E-state index in [0.717, 1.165) is 18.8 Å². The minimum atomic E-state index is -0.312. The molecule has 1 unspecified atom stereocenters. The summed E-state index contributed by atoms with van der Waals surface area (Å²) in [4.78, 5) is 0. The minimum absolute atomic E-state index is 0.312. The van der Waals surface area contributed by atoms with Gasteiger partial charge in [0.05, 0.1) is 12.7 Å². The van der Waals surface area contributed by atoms with Gasteiger partial charge in [-0.05, 0) is 32.4 Å². The first-order chi connectivity index (χ1) is 8.99. The van der Waals surface area contributed by atoms with E-state index in [4.69, 9.17) is 4.74 Å². The molecule has 108 valence electrons. The molecule has 0 bridgehead atoms. The summed E-state index contributed by atoms with van der Waals surface area (Å²) in [7, 11) is 0. The molecule has 0 aliphatic rings. The molecule has 19 heavy (non-hydrogen) atoms. The maximum Gasteiger partial charge on any atom is 0.123 e. The van der Waals surface area contributed by atoms with Gasteiger partial charge in [-0.15, -0.1) is 0 Å². The molecule has 0 saturated carbocycles. The Labute approximate surface area is 117 Å². The lowest BCUT2D eigenvalue weighted by Gasteiger charge is -2.14. The fraction of sp³-hybridized carbons (Fsp3) is 0.625. The molecule has 1 aromatic carbocycles. The van der Waals surface area contributed by atoms with E-state index in [2.05, 4.69) is 38.2 Å². The summed E-state index contributed by atoms with van der Waals surface area (Å²) in [6, 6.07) is 6.23. The van der Waals surface area contributed by atoms with Crippen molar-refractivity contribution in [3.8, 4) is 5.75 Å². The zero-order valence-corrected chi connectivity index (χ0v) is 12.6. The monoisotopic (exact) mass is 265 g/mol. The number of aryl methyl sites for hydroxylation is 1. The van der Waals surface area contributed by atoms with Crippen molar-refractivity contribution in [2.75, 3.05) is 13.2 Å². The van der Waals surface area contributed by atoms with Gasteiger partial charge in [-0.3, -0.25) is 0 Å². The van der Waals surface area contributed by atoms with E-state index >= 15 is 0 Å². The molecule has 0 saturated heterocycles. The van der Waals surface area contributed by atoms with Crippen molar-refractivity contribution in [3.63, 3.8) is 0 Å². The van der Waals surface area contributed by atoms with Gasteiger partial charge in [-0.25, -0.2) is 0 Å². The number of hydrogen-bond donors (Lipinski definition) is 2. The average Bonchev–Trinajstić information content (AvgIpc) is 2.31. The molecule has 3 nitrogen and oxygen atoms in total. The van der Waals surface area contributed by atoms with Gasteiger partial charge < -0.3 is 15.2 Å². The van der Waals surface area contributed by atoms with Crippen molar-refractivity contribution in [1.82, 2.24) is 5.32 Å². The van der Waals surface area contributed by atoms with Crippen LogP contribution >= 0.6 is 0 Å². The minimum Gasteiger partial charge on any atom is -0.493 e. The topological polar surface area (TPSA) is 41.5 Å². The Kier molecular flexibility index (Phi) is 6.89. The second-order valence-corrected chi connectivity index (χ2v) is 5.62. The van der Waals surface area contributed by atoms with Crippen LogP contribution in [-0.4, -0.2) is 24.4 Å². The van der Waals surface area contributed by atoms with Crippen LogP contribution in [0.25, 0.3) is 0 Å². The van der Waals surface area contributed by atoms with Crippen LogP contribution < -0.4 is 10.1 Å². The van der Waals surface area contributed by atoms with Crippen molar-refractivity contribution < 1.29 is 9.84 Å². The van der Waals surface area contributed by atoms with Crippen LogP contribution in [0.15, 0.2) is 18.2 Å². The van der Waals surface area contributed by atoms with E-state index in [1.165, 1.54) is 11.1 Å². The van der Waals surface area contributed by atoms with Crippen molar-refractivity contribution in [2.24, 2.45) is 5.92 Å².